The summed E-state index contributed by atoms with van der Waals surface area (Å²) < 4.78 is 42.4. The lowest BCUT2D eigenvalue weighted by Gasteiger charge is -2.33. The first kappa shape index (κ1) is 34.7. The van der Waals surface area contributed by atoms with Crippen molar-refractivity contribution in [1.29, 1.82) is 0 Å². The first-order valence-electron chi connectivity index (χ1n) is 15.1. The minimum Gasteiger partial charge on any atom is -0.477 e. The van der Waals surface area contributed by atoms with Crippen molar-refractivity contribution in [3.05, 3.63) is 51.4 Å². The van der Waals surface area contributed by atoms with Crippen molar-refractivity contribution < 1.29 is 33.0 Å². The molecular weight excluding hydrogens is 653 g/mol. The number of aromatic carboxylic acids is 1. The van der Waals surface area contributed by atoms with Crippen LogP contribution in [0.2, 0.25) is 0 Å². The number of pyridine rings is 3. The average Bonchev–Trinajstić information content (AvgIpc) is 3.67. The summed E-state index contributed by atoms with van der Waals surface area (Å²) in [5, 5.41) is 26.3. The minimum atomic E-state index is -4.72. The predicted octanol–water partition coefficient (Wildman–Crippen LogP) is 4.56. The second-order valence-corrected chi connectivity index (χ2v) is 13.4. The summed E-state index contributed by atoms with van der Waals surface area (Å²) in [6, 6.07) is 1.32. The van der Waals surface area contributed by atoms with Gasteiger partial charge in [0.2, 0.25) is 5.43 Å². The number of rotatable bonds is 8. The second-order valence-electron chi connectivity index (χ2n) is 12.5. The van der Waals surface area contributed by atoms with E-state index >= 15 is 0 Å². The highest BCUT2D eigenvalue weighted by molar-refractivity contribution is 7.13. The number of urea groups is 1. The molecule has 2 atom stereocenters. The van der Waals surface area contributed by atoms with Gasteiger partial charge in [-0.05, 0) is 30.9 Å². The number of anilines is 2. The van der Waals surface area contributed by atoms with E-state index in [9.17, 15) is 37.8 Å². The number of carbonyl (C=O) groups is 2. The van der Waals surface area contributed by atoms with E-state index in [0.29, 0.717) is 31.9 Å². The molecule has 13 nitrogen and oxygen atoms in total. The van der Waals surface area contributed by atoms with Gasteiger partial charge in [0, 0.05) is 60.1 Å². The minimum absolute atomic E-state index is 0.0217. The molecule has 0 saturated carbocycles. The summed E-state index contributed by atoms with van der Waals surface area (Å²) >= 11 is 0.727. The Labute approximate surface area is 276 Å². The summed E-state index contributed by atoms with van der Waals surface area (Å²) in [7, 11) is 0. The number of aromatic nitrogens is 4. The fraction of sp³-hybridized carbons (Fsp3) is 0.419. The van der Waals surface area contributed by atoms with E-state index in [2.05, 4.69) is 20.6 Å². The van der Waals surface area contributed by atoms with Gasteiger partial charge in [-0.2, -0.15) is 13.2 Å². The number of aliphatic hydroxyl groups excluding tert-OH is 1. The monoisotopic (exact) mass is 688 g/mol. The number of carbonyl (C=O) groups excluding carboxylic acids is 1. The number of nitrogens with zero attached hydrogens (tertiary/aromatic N) is 5. The number of fused-ring (bicyclic) bond motifs is 1. The standard InChI is InChI=1S/C31H35F3N8O5S/c1-5-36-29(47)39-23-9-17(27-38-21(14-48-27)31(32,33)34)19(10-37-23)16-8-18-24(44)20(28(45)46)12-42(22(13-43)30(2,3)4)26(18)40-25(16)41-7-6-15(35)11-41/h8-10,12,14-15,22,43H,5-7,11,13,35H2,1-4H3,(H,45,46)(H2,36,37,39,47). The van der Waals surface area contributed by atoms with E-state index in [1.807, 2.05) is 25.7 Å². The molecule has 256 valence electrons. The zero-order chi connectivity index (χ0) is 35.1. The van der Waals surface area contributed by atoms with Crippen molar-refractivity contribution >= 4 is 46.0 Å². The van der Waals surface area contributed by atoms with Crippen molar-refractivity contribution in [3.63, 3.8) is 0 Å². The van der Waals surface area contributed by atoms with Crippen LogP contribution >= 0.6 is 11.3 Å². The molecule has 5 rings (SSSR count). The number of halogens is 3. The van der Waals surface area contributed by atoms with Crippen molar-refractivity contribution in [3.8, 4) is 21.7 Å². The van der Waals surface area contributed by atoms with Crippen LogP contribution in [0.25, 0.3) is 32.7 Å². The summed E-state index contributed by atoms with van der Waals surface area (Å²) in [5.74, 6) is -1.14. The zero-order valence-electron chi connectivity index (χ0n) is 26.6. The highest BCUT2D eigenvalue weighted by Gasteiger charge is 2.35. The first-order chi connectivity index (χ1) is 22.5. The molecule has 4 aromatic rings. The maximum Gasteiger partial charge on any atom is 0.434 e. The number of hydrogen-bond acceptors (Lipinski definition) is 10. The van der Waals surface area contributed by atoms with Crippen molar-refractivity contribution in [2.45, 2.75) is 52.4 Å². The molecule has 1 aliphatic heterocycles. The van der Waals surface area contributed by atoms with Crippen LogP contribution in [-0.4, -0.2) is 74.0 Å². The smallest absolute Gasteiger partial charge is 0.434 e. The van der Waals surface area contributed by atoms with Crippen LogP contribution in [0.3, 0.4) is 0 Å². The van der Waals surface area contributed by atoms with Gasteiger partial charge in [0.15, 0.2) is 5.69 Å². The molecule has 48 heavy (non-hydrogen) atoms. The topological polar surface area (TPSA) is 189 Å². The Morgan fingerprint density at radius 3 is 2.46 bits per heavy atom. The van der Waals surface area contributed by atoms with Crippen LogP contribution < -0.4 is 26.7 Å². The number of alkyl halides is 3. The lowest BCUT2D eigenvalue weighted by molar-refractivity contribution is -0.140. The van der Waals surface area contributed by atoms with Crippen LogP contribution in [-0.2, 0) is 6.18 Å². The number of carboxylic acid groups (broad SMARTS) is 1. The van der Waals surface area contributed by atoms with Crippen molar-refractivity contribution in [2.24, 2.45) is 11.1 Å². The largest absolute Gasteiger partial charge is 0.477 e. The van der Waals surface area contributed by atoms with Crippen LogP contribution in [0, 0.1) is 5.41 Å². The van der Waals surface area contributed by atoms with E-state index in [1.165, 1.54) is 29.1 Å². The quantitative estimate of drug-likeness (QED) is 0.176. The third-order valence-corrected chi connectivity index (χ3v) is 8.92. The number of carboxylic acids is 1. The molecule has 0 spiro atoms. The lowest BCUT2D eigenvalue weighted by atomic mass is 9.86. The van der Waals surface area contributed by atoms with Crippen LogP contribution in [0.15, 0.2) is 34.7 Å². The lowest BCUT2D eigenvalue weighted by Crippen LogP contribution is -2.32. The highest BCUT2D eigenvalue weighted by atomic mass is 32.1. The van der Waals surface area contributed by atoms with E-state index in [-0.39, 0.29) is 44.6 Å². The number of nitrogens with one attached hydrogen (secondary N) is 2. The molecule has 0 aromatic carbocycles. The third-order valence-electron chi connectivity index (χ3n) is 8.05. The molecule has 2 unspecified atom stereocenters. The second kappa shape index (κ2) is 13.1. The van der Waals surface area contributed by atoms with Crippen LogP contribution in [0.5, 0.6) is 0 Å². The normalized spacial score (nSPS) is 15.9. The molecule has 5 heterocycles. The summed E-state index contributed by atoms with van der Waals surface area (Å²) in [5.41, 5.74) is 3.90. The molecule has 6 N–H and O–H groups in total. The number of nitrogens with two attached hydrogens (primary N) is 1. The first-order valence-corrected chi connectivity index (χ1v) is 15.9. The Bertz CT molecular complexity index is 1940. The maximum atomic E-state index is 13.7. The molecule has 1 fully saturated rings. The molecule has 0 bridgehead atoms. The predicted molar refractivity (Wildman–Crippen MR) is 175 cm³/mol. The van der Waals surface area contributed by atoms with Crippen molar-refractivity contribution in [1.82, 2.24) is 24.8 Å². The maximum absolute atomic E-state index is 13.7. The molecule has 1 aliphatic rings. The van der Waals surface area contributed by atoms with Gasteiger partial charge in [-0.1, -0.05) is 20.8 Å². The van der Waals surface area contributed by atoms with E-state index < -0.39 is 52.9 Å². The van der Waals surface area contributed by atoms with Gasteiger partial charge in [0.05, 0.1) is 18.0 Å². The number of amides is 2. The van der Waals surface area contributed by atoms with E-state index in [1.54, 1.807) is 6.92 Å². The van der Waals surface area contributed by atoms with Crippen LogP contribution in [0.1, 0.15) is 56.2 Å². The fourth-order valence-corrected chi connectivity index (χ4v) is 6.47. The Kier molecular flexibility index (Phi) is 9.49. The number of aliphatic hydroxyl groups is 1. The number of thiazole rings is 1. The molecular formula is C31H35F3N8O5S. The summed E-state index contributed by atoms with van der Waals surface area (Å²) in [6.45, 7) is 8.00. The van der Waals surface area contributed by atoms with Crippen molar-refractivity contribution in [2.75, 3.05) is 36.5 Å². The third kappa shape index (κ3) is 6.84. The average molecular weight is 689 g/mol. The Morgan fingerprint density at radius 1 is 1.17 bits per heavy atom. The van der Waals surface area contributed by atoms with Gasteiger partial charge in [0.1, 0.15) is 27.9 Å². The molecule has 4 aromatic heterocycles. The Hall–Kier alpha value is -4.61. The summed E-state index contributed by atoms with van der Waals surface area (Å²) in [6.07, 6.45) is -1.61. The van der Waals surface area contributed by atoms with E-state index in [0.717, 1.165) is 16.7 Å². The van der Waals surface area contributed by atoms with Gasteiger partial charge >= 0.3 is 18.2 Å². The highest BCUT2D eigenvalue weighted by Crippen LogP contribution is 2.43. The van der Waals surface area contributed by atoms with Gasteiger partial charge in [-0.25, -0.2) is 24.5 Å². The molecule has 0 aliphatic carbocycles. The van der Waals surface area contributed by atoms with Gasteiger partial charge in [-0.15, -0.1) is 11.3 Å². The zero-order valence-corrected chi connectivity index (χ0v) is 27.4. The Balaban J connectivity index is 1.86. The van der Waals surface area contributed by atoms with Gasteiger partial charge in [-0.3, -0.25) is 10.1 Å². The van der Waals surface area contributed by atoms with E-state index in [4.69, 9.17) is 10.7 Å². The molecule has 1 saturated heterocycles. The molecule has 17 heteroatoms. The SMILES string of the molecule is CCNC(=O)Nc1cc(-c2nc(C(F)(F)F)cs2)c(-c2cc3c(=O)c(C(=O)O)cn(C(CO)C(C)(C)C)c3nc2N2CCC(N)C2)cn1. The van der Waals surface area contributed by atoms with Crippen LogP contribution in [0.4, 0.5) is 29.6 Å². The summed E-state index contributed by atoms with van der Waals surface area (Å²) in [4.78, 5) is 53.3. The Morgan fingerprint density at radius 2 is 1.90 bits per heavy atom. The van der Waals surface area contributed by atoms with Gasteiger partial charge < -0.3 is 30.7 Å². The fourth-order valence-electron chi connectivity index (χ4n) is 5.61. The molecule has 0 radical (unpaired) electrons. The van der Waals surface area contributed by atoms with Gasteiger partial charge in [0.25, 0.3) is 0 Å². The number of hydrogen-bond donors (Lipinski definition) is 5. The molecule has 2 amide bonds.